The molecule has 1 saturated heterocycles. The fourth-order valence-corrected chi connectivity index (χ4v) is 3.86. The normalized spacial score (nSPS) is 24.5. The first kappa shape index (κ1) is 18.8. The number of amides is 2. The molecule has 6 nitrogen and oxygen atoms in total. The summed E-state index contributed by atoms with van der Waals surface area (Å²) in [6.07, 6.45) is 9.51. The monoisotopic (exact) mass is 359 g/mol. The topological polar surface area (TPSA) is 82.5 Å². The number of nitrogens with zero attached hydrogens (tertiary/aromatic N) is 2. The van der Waals surface area contributed by atoms with E-state index in [2.05, 4.69) is 10.3 Å². The quantitative estimate of drug-likeness (QED) is 0.776. The number of likely N-dealkylation sites (tertiary alicyclic amines) is 1. The lowest BCUT2D eigenvalue weighted by molar-refractivity contribution is -0.131. The Morgan fingerprint density at radius 3 is 2.77 bits per heavy atom. The van der Waals surface area contributed by atoms with Gasteiger partial charge in [0.15, 0.2) is 0 Å². The molecule has 142 valence electrons. The fraction of sp³-hybridized carbons (Fsp3) is 0.650. The maximum Gasteiger partial charge on any atom is 0.222 e. The molecule has 6 heteroatoms. The third-order valence-corrected chi connectivity index (χ3v) is 5.55. The molecule has 1 atom stereocenters. The lowest BCUT2D eigenvalue weighted by Gasteiger charge is -2.38. The van der Waals surface area contributed by atoms with E-state index in [1.807, 2.05) is 17.0 Å². The van der Waals surface area contributed by atoms with Gasteiger partial charge in [0.05, 0.1) is 6.10 Å². The number of hydrogen-bond donors (Lipinski definition) is 2. The highest BCUT2D eigenvalue weighted by molar-refractivity contribution is 5.79. The molecule has 2 aliphatic rings. The van der Waals surface area contributed by atoms with Crippen molar-refractivity contribution in [2.45, 2.75) is 63.5 Å². The van der Waals surface area contributed by atoms with Crippen molar-refractivity contribution in [3.05, 3.63) is 30.1 Å². The van der Waals surface area contributed by atoms with Crippen LogP contribution in [0.3, 0.4) is 0 Å². The summed E-state index contributed by atoms with van der Waals surface area (Å²) in [5.74, 6) is 0.468. The summed E-state index contributed by atoms with van der Waals surface area (Å²) in [5.41, 5.74) is 1.13. The van der Waals surface area contributed by atoms with Crippen LogP contribution in [-0.2, 0) is 16.0 Å². The molecule has 1 saturated carbocycles. The first-order valence-electron chi connectivity index (χ1n) is 9.76. The van der Waals surface area contributed by atoms with E-state index in [0.29, 0.717) is 25.3 Å². The summed E-state index contributed by atoms with van der Waals surface area (Å²) in [6, 6.07) is 3.95. The molecular formula is C20H29N3O3. The van der Waals surface area contributed by atoms with E-state index >= 15 is 0 Å². The largest absolute Gasteiger partial charge is 0.393 e. The van der Waals surface area contributed by atoms with Crippen LogP contribution in [0.5, 0.6) is 0 Å². The molecule has 0 bridgehead atoms. The van der Waals surface area contributed by atoms with Gasteiger partial charge in [-0.05, 0) is 55.7 Å². The Hall–Kier alpha value is -1.95. The van der Waals surface area contributed by atoms with Crippen molar-refractivity contribution >= 4 is 11.8 Å². The molecule has 26 heavy (non-hydrogen) atoms. The number of nitrogens with one attached hydrogen (secondary N) is 1. The van der Waals surface area contributed by atoms with Crippen molar-refractivity contribution < 1.29 is 14.7 Å². The van der Waals surface area contributed by atoms with E-state index in [-0.39, 0.29) is 24.0 Å². The van der Waals surface area contributed by atoms with Gasteiger partial charge >= 0.3 is 0 Å². The zero-order valence-electron chi connectivity index (χ0n) is 15.3. The van der Waals surface area contributed by atoms with Crippen LogP contribution >= 0.6 is 0 Å². The number of carbonyl (C=O) groups excluding carboxylic acids is 2. The highest BCUT2D eigenvalue weighted by Crippen LogP contribution is 2.31. The maximum absolute atomic E-state index is 12.5. The molecule has 3 rings (SSSR count). The highest BCUT2D eigenvalue weighted by Gasteiger charge is 2.34. The van der Waals surface area contributed by atoms with E-state index in [0.717, 1.165) is 50.6 Å². The van der Waals surface area contributed by atoms with Gasteiger partial charge in [0.2, 0.25) is 11.8 Å². The standard InChI is InChI=1S/C20H29N3O3/c24-17-13-16(14-17)18(12-15-5-8-21-9-6-15)22-19(25)7-11-23-10-3-1-2-4-20(23)26/h5-6,8-9,16-18,24H,1-4,7,10-14H2,(H,22,25)/t16?,17?,18-/m0/s1. The van der Waals surface area contributed by atoms with Crippen LogP contribution < -0.4 is 5.32 Å². The van der Waals surface area contributed by atoms with Crippen molar-refractivity contribution in [3.63, 3.8) is 0 Å². The molecule has 0 radical (unpaired) electrons. The Kier molecular flexibility index (Phi) is 6.61. The van der Waals surface area contributed by atoms with Crippen molar-refractivity contribution in [3.8, 4) is 0 Å². The van der Waals surface area contributed by atoms with Crippen LogP contribution in [0.1, 0.15) is 50.5 Å². The van der Waals surface area contributed by atoms with E-state index in [1.165, 1.54) is 0 Å². The SMILES string of the molecule is O=C(CCN1CCCCCC1=O)N[C@@H](Cc1ccncc1)C1CC(O)C1. The number of pyridine rings is 1. The van der Waals surface area contributed by atoms with Gasteiger partial charge in [-0.15, -0.1) is 0 Å². The number of rotatable bonds is 7. The van der Waals surface area contributed by atoms with Crippen molar-refractivity contribution in [2.75, 3.05) is 13.1 Å². The van der Waals surface area contributed by atoms with E-state index < -0.39 is 0 Å². The first-order valence-corrected chi connectivity index (χ1v) is 9.76. The molecule has 1 aromatic heterocycles. The highest BCUT2D eigenvalue weighted by atomic mass is 16.3. The number of carbonyl (C=O) groups is 2. The summed E-state index contributed by atoms with van der Waals surface area (Å²) >= 11 is 0. The smallest absolute Gasteiger partial charge is 0.222 e. The fourth-order valence-electron chi connectivity index (χ4n) is 3.86. The summed E-state index contributed by atoms with van der Waals surface area (Å²) in [6.45, 7) is 1.27. The van der Waals surface area contributed by atoms with Gasteiger partial charge in [-0.3, -0.25) is 14.6 Å². The average Bonchev–Trinajstić information content (AvgIpc) is 2.82. The lowest BCUT2D eigenvalue weighted by atomic mass is 9.75. The van der Waals surface area contributed by atoms with E-state index in [4.69, 9.17) is 0 Å². The number of aromatic nitrogens is 1. The molecule has 1 aliphatic heterocycles. The van der Waals surface area contributed by atoms with Gasteiger partial charge in [-0.2, -0.15) is 0 Å². The Bertz CT molecular complexity index is 602. The lowest BCUT2D eigenvalue weighted by Crippen LogP contribution is -2.48. The minimum absolute atomic E-state index is 0.0116. The van der Waals surface area contributed by atoms with Gasteiger partial charge < -0.3 is 15.3 Å². The van der Waals surface area contributed by atoms with Gasteiger partial charge in [-0.25, -0.2) is 0 Å². The van der Waals surface area contributed by atoms with Crippen molar-refractivity contribution in [2.24, 2.45) is 5.92 Å². The Morgan fingerprint density at radius 1 is 1.27 bits per heavy atom. The third-order valence-electron chi connectivity index (χ3n) is 5.55. The van der Waals surface area contributed by atoms with Crippen molar-refractivity contribution in [1.82, 2.24) is 15.2 Å². The molecule has 2 N–H and O–H groups in total. The molecule has 0 unspecified atom stereocenters. The second-order valence-electron chi connectivity index (χ2n) is 7.56. The van der Waals surface area contributed by atoms with Crippen LogP contribution in [0.4, 0.5) is 0 Å². The summed E-state index contributed by atoms with van der Waals surface area (Å²) in [7, 11) is 0. The van der Waals surface area contributed by atoms with E-state index in [9.17, 15) is 14.7 Å². The number of aliphatic hydroxyl groups excluding tert-OH is 1. The van der Waals surface area contributed by atoms with Crippen LogP contribution in [0.15, 0.2) is 24.5 Å². The summed E-state index contributed by atoms with van der Waals surface area (Å²) in [5, 5.41) is 12.8. The Balaban J connectivity index is 1.52. The van der Waals surface area contributed by atoms with Gasteiger partial charge in [-0.1, -0.05) is 6.42 Å². The molecule has 2 amide bonds. The van der Waals surface area contributed by atoms with Crippen molar-refractivity contribution in [1.29, 1.82) is 0 Å². The van der Waals surface area contributed by atoms with Crippen LogP contribution in [0.2, 0.25) is 0 Å². The second-order valence-corrected chi connectivity index (χ2v) is 7.56. The van der Waals surface area contributed by atoms with Gasteiger partial charge in [0, 0.05) is 44.4 Å². The molecule has 1 aliphatic carbocycles. The van der Waals surface area contributed by atoms with Crippen LogP contribution in [0.25, 0.3) is 0 Å². The number of hydrogen-bond acceptors (Lipinski definition) is 4. The predicted molar refractivity (Wildman–Crippen MR) is 98.3 cm³/mol. The van der Waals surface area contributed by atoms with Crippen LogP contribution in [0, 0.1) is 5.92 Å². The molecule has 2 fully saturated rings. The summed E-state index contributed by atoms with van der Waals surface area (Å²) < 4.78 is 0. The maximum atomic E-state index is 12.5. The average molecular weight is 359 g/mol. The minimum Gasteiger partial charge on any atom is -0.393 e. The van der Waals surface area contributed by atoms with E-state index in [1.54, 1.807) is 12.4 Å². The predicted octanol–water partition coefficient (Wildman–Crippen LogP) is 1.67. The molecule has 0 spiro atoms. The molecule has 1 aromatic rings. The molecule has 2 heterocycles. The zero-order chi connectivity index (χ0) is 18.4. The Labute approximate surface area is 155 Å². The van der Waals surface area contributed by atoms with Crippen LogP contribution in [-0.4, -0.2) is 52.0 Å². The summed E-state index contributed by atoms with van der Waals surface area (Å²) in [4.78, 5) is 30.4. The first-order chi connectivity index (χ1) is 12.6. The van der Waals surface area contributed by atoms with Gasteiger partial charge in [0.1, 0.15) is 0 Å². The third kappa shape index (κ3) is 5.27. The Morgan fingerprint density at radius 2 is 2.04 bits per heavy atom. The molecule has 0 aromatic carbocycles. The van der Waals surface area contributed by atoms with Gasteiger partial charge in [0.25, 0.3) is 0 Å². The zero-order valence-corrected chi connectivity index (χ0v) is 15.3. The minimum atomic E-state index is -0.244. The second kappa shape index (κ2) is 9.12. The number of aliphatic hydroxyl groups is 1. The molecular weight excluding hydrogens is 330 g/mol.